The van der Waals surface area contributed by atoms with Gasteiger partial charge in [-0.3, -0.25) is 9.59 Å². The normalized spacial score (nSPS) is 12.3. The van der Waals surface area contributed by atoms with E-state index in [9.17, 15) is 9.59 Å². The molecule has 0 aliphatic rings. The van der Waals surface area contributed by atoms with Gasteiger partial charge in [0.25, 0.3) is 0 Å². The number of ether oxygens (including phenoxy) is 3. The molecule has 0 radical (unpaired) electrons. The Hall–Kier alpha value is -1.62. The molecule has 0 saturated heterocycles. The zero-order valence-corrected chi connectivity index (χ0v) is 36.5. The smallest absolute Gasteiger partial charge is 0.306 e. The summed E-state index contributed by atoms with van der Waals surface area (Å²) < 4.78 is 17.3. The first kappa shape index (κ1) is 52.4. The van der Waals surface area contributed by atoms with E-state index in [4.69, 9.17) is 14.2 Å². The van der Waals surface area contributed by atoms with Crippen LogP contribution in [0.3, 0.4) is 0 Å². The second kappa shape index (κ2) is 45.8. The molecule has 0 rings (SSSR count). The first-order valence-electron chi connectivity index (χ1n) is 23.9. The van der Waals surface area contributed by atoms with Crippen LogP contribution >= 0.6 is 0 Å². The zero-order chi connectivity index (χ0) is 39.3. The van der Waals surface area contributed by atoms with Crippen LogP contribution in [0.1, 0.15) is 252 Å². The van der Waals surface area contributed by atoms with Crippen LogP contribution in [-0.4, -0.2) is 37.9 Å². The van der Waals surface area contributed by atoms with Crippen molar-refractivity contribution in [1.82, 2.24) is 0 Å². The van der Waals surface area contributed by atoms with Crippen LogP contribution < -0.4 is 0 Å². The average molecular weight is 761 g/mol. The van der Waals surface area contributed by atoms with Crippen LogP contribution in [-0.2, 0) is 23.8 Å². The fourth-order valence-corrected chi connectivity index (χ4v) is 6.89. The Morgan fingerprint density at radius 3 is 1.26 bits per heavy atom. The Labute approximate surface area is 337 Å². The third kappa shape index (κ3) is 43.1. The molecule has 1 atom stereocenters. The van der Waals surface area contributed by atoms with Gasteiger partial charge < -0.3 is 14.2 Å². The van der Waals surface area contributed by atoms with Gasteiger partial charge in [0.2, 0.25) is 0 Å². The van der Waals surface area contributed by atoms with Crippen molar-refractivity contribution in [3.63, 3.8) is 0 Å². The van der Waals surface area contributed by atoms with Crippen molar-refractivity contribution in [3.05, 3.63) is 24.3 Å². The summed E-state index contributed by atoms with van der Waals surface area (Å²) in [7, 11) is 0. The van der Waals surface area contributed by atoms with Gasteiger partial charge in [0.05, 0.1) is 6.61 Å². The molecule has 0 fully saturated rings. The molecule has 0 aromatic rings. The number of carbonyl (C=O) groups excluding carboxylic acids is 2. The SMILES string of the molecule is CCCCC/C=C\C/C=C\CCCCCCCCOCC(COC(=O)CCCCCCCCCCCCCCCCC)OC(=O)CCCCCCCCC. The lowest BCUT2D eigenvalue weighted by atomic mass is 10.0. The Kier molecular flexibility index (Phi) is 44.4. The second-order valence-electron chi connectivity index (χ2n) is 16.0. The van der Waals surface area contributed by atoms with E-state index in [1.807, 2.05) is 0 Å². The summed E-state index contributed by atoms with van der Waals surface area (Å²) in [6.07, 6.45) is 51.9. The van der Waals surface area contributed by atoms with E-state index in [0.29, 0.717) is 19.4 Å². The van der Waals surface area contributed by atoms with Crippen molar-refractivity contribution >= 4 is 11.9 Å². The summed E-state index contributed by atoms with van der Waals surface area (Å²) in [5, 5.41) is 0. The predicted molar refractivity (Wildman–Crippen MR) is 233 cm³/mol. The standard InChI is InChI=1S/C49H92O5/c1-4-7-10-13-16-18-20-22-24-26-28-30-32-35-38-41-44-52-45-47(54-49(51)43-40-37-33-15-12-9-6-3)46-53-48(50)42-39-36-34-31-29-27-25-23-21-19-17-14-11-8-5-2/h16,18,22,24,47H,4-15,17,19-21,23,25-46H2,1-3H3/b18-16-,24-22-. The lowest BCUT2D eigenvalue weighted by Crippen LogP contribution is -2.30. The van der Waals surface area contributed by atoms with Crippen LogP contribution in [0.5, 0.6) is 0 Å². The van der Waals surface area contributed by atoms with E-state index in [-0.39, 0.29) is 25.2 Å². The van der Waals surface area contributed by atoms with Crippen LogP contribution in [0.25, 0.3) is 0 Å². The number of unbranched alkanes of at least 4 members (excludes halogenated alkanes) is 29. The maximum Gasteiger partial charge on any atom is 0.306 e. The van der Waals surface area contributed by atoms with Gasteiger partial charge in [0.15, 0.2) is 6.10 Å². The Morgan fingerprint density at radius 1 is 0.407 bits per heavy atom. The Morgan fingerprint density at radius 2 is 0.778 bits per heavy atom. The minimum absolute atomic E-state index is 0.0873. The van der Waals surface area contributed by atoms with Gasteiger partial charge in [0.1, 0.15) is 6.61 Å². The minimum atomic E-state index is -0.531. The highest BCUT2D eigenvalue weighted by Gasteiger charge is 2.17. The van der Waals surface area contributed by atoms with E-state index in [1.165, 1.54) is 173 Å². The molecule has 54 heavy (non-hydrogen) atoms. The zero-order valence-electron chi connectivity index (χ0n) is 36.5. The highest BCUT2D eigenvalue weighted by atomic mass is 16.6. The van der Waals surface area contributed by atoms with E-state index in [1.54, 1.807) is 0 Å². The summed E-state index contributed by atoms with van der Waals surface area (Å²) in [6.45, 7) is 7.78. The van der Waals surface area contributed by atoms with Gasteiger partial charge in [-0.05, 0) is 51.4 Å². The molecular weight excluding hydrogens is 669 g/mol. The average Bonchev–Trinajstić information content (AvgIpc) is 3.17. The van der Waals surface area contributed by atoms with Crippen LogP contribution in [0, 0.1) is 0 Å². The van der Waals surface area contributed by atoms with Gasteiger partial charge in [0, 0.05) is 19.4 Å². The van der Waals surface area contributed by atoms with Crippen molar-refractivity contribution in [2.24, 2.45) is 0 Å². The maximum absolute atomic E-state index is 12.6. The topological polar surface area (TPSA) is 61.8 Å². The first-order valence-corrected chi connectivity index (χ1v) is 23.9. The number of hydrogen-bond acceptors (Lipinski definition) is 5. The van der Waals surface area contributed by atoms with Gasteiger partial charge in [-0.2, -0.15) is 0 Å². The fraction of sp³-hybridized carbons (Fsp3) is 0.878. The van der Waals surface area contributed by atoms with Gasteiger partial charge in [-0.25, -0.2) is 0 Å². The first-order chi connectivity index (χ1) is 26.6. The third-order valence-corrected chi connectivity index (χ3v) is 10.5. The number of carbonyl (C=O) groups is 2. The Balaban J connectivity index is 4.12. The molecule has 0 amide bonds. The summed E-state index contributed by atoms with van der Waals surface area (Å²) in [5.41, 5.74) is 0. The molecule has 0 aromatic heterocycles. The molecule has 0 aromatic carbocycles. The molecule has 0 heterocycles. The van der Waals surface area contributed by atoms with Crippen LogP contribution in [0.15, 0.2) is 24.3 Å². The molecule has 0 spiro atoms. The Bertz CT molecular complexity index is 821. The third-order valence-electron chi connectivity index (χ3n) is 10.5. The predicted octanol–water partition coefficient (Wildman–Crippen LogP) is 15.7. The number of hydrogen-bond donors (Lipinski definition) is 0. The molecule has 5 nitrogen and oxygen atoms in total. The van der Waals surface area contributed by atoms with Crippen molar-refractivity contribution < 1.29 is 23.8 Å². The molecular formula is C49H92O5. The summed E-state index contributed by atoms with van der Waals surface area (Å²) in [4.78, 5) is 25.1. The second-order valence-corrected chi connectivity index (χ2v) is 16.0. The minimum Gasteiger partial charge on any atom is -0.462 e. The van der Waals surface area contributed by atoms with E-state index < -0.39 is 6.10 Å². The monoisotopic (exact) mass is 761 g/mol. The van der Waals surface area contributed by atoms with E-state index in [2.05, 4.69) is 45.1 Å². The van der Waals surface area contributed by atoms with Crippen molar-refractivity contribution in [2.45, 2.75) is 258 Å². The van der Waals surface area contributed by atoms with Crippen molar-refractivity contribution in [1.29, 1.82) is 0 Å². The van der Waals surface area contributed by atoms with Crippen molar-refractivity contribution in [2.75, 3.05) is 19.8 Å². The van der Waals surface area contributed by atoms with Gasteiger partial charge in [-0.15, -0.1) is 0 Å². The van der Waals surface area contributed by atoms with Crippen LogP contribution in [0.4, 0.5) is 0 Å². The van der Waals surface area contributed by atoms with Crippen molar-refractivity contribution in [3.8, 4) is 0 Å². The highest BCUT2D eigenvalue weighted by molar-refractivity contribution is 5.70. The number of allylic oxidation sites excluding steroid dienone is 4. The van der Waals surface area contributed by atoms with E-state index in [0.717, 1.165) is 44.9 Å². The van der Waals surface area contributed by atoms with E-state index >= 15 is 0 Å². The summed E-state index contributed by atoms with van der Waals surface area (Å²) >= 11 is 0. The lowest BCUT2D eigenvalue weighted by Gasteiger charge is -2.18. The molecule has 0 aliphatic carbocycles. The number of rotatable bonds is 44. The van der Waals surface area contributed by atoms with Gasteiger partial charge >= 0.3 is 11.9 Å². The molecule has 0 N–H and O–H groups in total. The molecule has 0 aliphatic heterocycles. The number of esters is 2. The molecule has 0 saturated carbocycles. The molecule has 318 valence electrons. The molecule has 1 unspecified atom stereocenters. The maximum atomic E-state index is 12.6. The quantitative estimate of drug-likeness (QED) is 0.0352. The lowest BCUT2D eigenvalue weighted by molar-refractivity contribution is -0.163. The van der Waals surface area contributed by atoms with Crippen LogP contribution in [0.2, 0.25) is 0 Å². The largest absolute Gasteiger partial charge is 0.462 e. The highest BCUT2D eigenvalue weighted by Crippen LogP contribution is 2.15. The summed E-state index contributed by atoms with van der Waals surface area (Å²) in [5.74, 6) is -0.396. The molecule has 0 bridgehead atoms. The van der Waals surface area contributed by atoms with Gasteiger partial charge in [-0.1, -0.05) is 212 Å². The molecule has 5 heteroatoms. The summed E-state index contributed by atoms with van der Waals surface area (Å²) in [6, 6.07) is 0. The fourth-order valence-electron chi connectivity index (χ4n) is 6.89.